The normalized spacial score (nSPS) is 13.5. The average Bonchev–Trinajstić information content (AvgIpc) is 3.02. The molecule has 0 spiro atoms. The van der Waals surface area contributed by atoms with E-state index in [1.165, 1.54) is 37.6 Å². The van der Waals surface area contributed by atoms with Crippen LogP contribution in [-0.2, 0) is 22.4 Å². The van der Waals surface area contributed by atoms with Crippen LogP contribution in [0.3, 0.4) is 0 Å². The molecule has 1 atom stereocenters. The second-order valence-corrected chi connectivity index (χ2v) is 10.7. The van der Waals surface area contributed by atoms with Crippen molar-refractivity contribution in [2.75, 3.05) is 30.9 Å². The van der Waals surface area contributed by atoms with Gasteiger partial charge in [-0.15, -0.1) is 0 Å². The summed E-state index contributed by atoms with van der Waals surface area (Å²) in [4.78, 5) is 25.9. The van der Waals surface area contributed by atoms with Crippen molar-refractivity contribution in [1.82, 2.24) is 0 Å². The van der Waals surface area contributed by atoms with Gasteiger partial charge in [0.05, 0.1) is 7.11 Å². The highest BCUT2D eigenvalue weighted by atomic mass is 16.5. The van der Waals surface area contributed by atoms with Gasteiger partial charge in [0.25, 0.3) is 0 Å². The number of ether oxygens (including phenoxy) is 2. The monoisotopic (exact) mass is 562 g/mol. The predicted molar refractivity (Wildman–Crippen MR) is 167 cm³/mol. The molecule has 5 rings (SSSR count). The van der Waals surface area contributed by atoms with Crippen molar-refractivity contribution in [3.05, 3.63) is 125 Å². The number of esters is 1. The molecule has 42 heavy (non-hydrogen) atoms. The zero-order valence-electron chi connectivity index (χ0n) is 24.1. The minimum Gasteiger partial charge on any atom is -0.492 e. The van der Waals surface area contributed by atoms with Crippen molar-refractivity contribution in [2.24, 2.45) is 5.92 Å². The Labute approximate surface area is 248 Å². The minimum atomic E-state index is -0.671. The lowest BCUT2D eigenvalue weighted by atomic mass is 9.80. The van der Waals surface area contributed by atoms with E-state index in [0.29, 0.717) is 36.4 Å². The second kappa shape index (κ2) is 14.4. The lowest BCUT2D eigenvalue weighted by molar-refractivity contribution is -0.141. The lowest BCUT2D eigenvalue weighted by Gasteiger charge is -2.26. The quantitative estimate of drug-likeness (QED) is 0.0984. The molecule has 216 valence electrons. The Hall–Kier alpha value is -4.58. The number of para-hydroxylation sites is 2. The van der Waals surface area contributed by atoms with E-state index in [9.17, 15) is 9.59 Å². The Morgan fingerprint density at radius 1 is 0.833 bits per heavy atom. The summed E-state index contributed by atoms with van der Waals surface area (Å²) in [5.74, 6) is 1.08. The number of ketones is 1. The number of methoxy groups -OCH3 is 1. The molecule has 0 heterocycles. The first kappa shape index (κ1) is 28.9. The number of hydrogen-bond acceptors (Lipinski definition) is 6. The summed E-state index contributed by atoms with van der Waals surface area (Å²) >= 11 is 0. The minimum absolute atomic E-state index is 0.111. The first-order chi connectivity index (χ1) is 20.6. The van der Waals surface area contributed by atoms with Crippen LogP contribution < -0.4 is 15.4 Å². The summed E-state index contributed by atoms with van der Waals surface area (Å²) in [6.45, 7) is 1.24. The zero-order valence-corrected chi connectivity index (χ0v) is 24.1. The largest absolute Gasteiger partial charge is 0.492 e. The molecule has 0 aliphatic heterocycles. The first-order valence-corrected chi connectivity index (χ1v) is 14.7. The molecule has 0 aromatic heterocycles. The molecule has 1 saturated carbocycles. The molecule has 6 nitrogen and oxygen atoms in total. The molecule has 0 radical (unpaired) electrons. The fourth-order valence-electron chi connectivity index (χ4n) is 5.27. The van der Waals surface area contributed by atoms with Crippen LogP contribution in [0.15, 0.2) is 103 Å². The second-order valence-electron chi connectivity index (χ2n) is 10.7. The smallest absolute Gasteiger partial charge is 0.328 e. The molecule has 4 aromatic rings. The van der Waals surface area contributed by atoms with E-state index in [4.69, 9.17) is 9.47 Å². The van der Waals surface area contributed by atoms with Crippen molar-refractivity contribution in [2.45, 2.75) is 38.1 Å². The molecule has 0 bridgehead atoms. The van der Waals surface area contributed by atoms with Crippen LogP contribution in [0.1, 0.15) is 46.3 Å². The summed E-state index contributed by atoms with van der Waals surface area (Å²) in [6, 6.07) is 32.0. The molecule has 1 unspecified atom stereocenters. The molecular weight excluding hydrogens is 524 g/mol. The van der Waals surface area contributed by atoms with E-state index in [1.54, 1.807) is 18.2 Å². The SMILES string of the molecule is COC(=O)C(Cc1ccc(OCCNc2ccccc2CC2CCC2)cc1)Nc1ccccc1C(=O)c1ccccc1. The van der Waals surface area contributed by atoms with E-state index < -0.39 is 12.0 Å². The molecule has 4 aromatic carbocycles. The molecule has 2 N–H and O–H groups in total. The lowest BCUT2D eigenvalue weighted by Crippen LogP contribution is -2.33. The van der Waals surface area contributed by atoms with Gasteiger partial charge in [-0.25, -0.2) is 4.79 Å². The number of anilines is 2. The number of rotatable bonds is 14. The Kier molecular flexibility index (Phi) is 9.89. The van der Waals surface area contributed by atoms with Gasteiger partial charge in [-0.1, -0.05) is 92.1 Å². The van der Waals surface area contributed by atoms with Crippen molar-refractivity contribution >= 4 is 23.1 Å². The van der Waals surface area contributed by atoms with Gasteiger partial charge >= 0.3 is 5.97 Å². The number of benzene rings is 4. The molecule has 6 heteroatoms. The maximum absolute atomic E-state index is 13.2. The third kappa shape index (κ3) is 7.58. The third-order valence-electron chi connectivity index (χ3n) is 7.82. The Bertz CT molecular complexity index is 1470. The predicted octanol–water partition coefficient (Wildman–Crippen LogP) is 6.95. The van der Waals surface area contributed by atoms with Crippen LogP contribution >= 0.6 is 0 Å². The van der Waals surface area contributed by atoms with Gasteiger partial charge in [-0.3, -0.25) is 4.79 Å². The van der Waals surface area contributed by atoms with Crippen molar-refractivity contribution < 1.29 is 19.1 Å². The Morgan fingerprint density at radius 2 is 1.52 bits per heavy atom. The Morgan fingerprint density at radius 3 is 2.24 bits per heavy atom. The van der Waals surface area contributed by atoms with E-state index in [0.717, 1.165) is 23.7 Å². The highest BCUT2D eigenvalue weighted by Crippen LogP contribution is 2.32. The first-order valence-electron chi connectivity index (χ1n) is 14.7. The third-order valence-corrected chi connectivity index (χ3v) is 7.82. The molecule has 1 fully saturated rings. The van der Waals surface area contributed by atoms with E-state index in [-0.39, 0.29) is 5.78 Å². The van der Waals surface area contributed by atoms with Crippen molar-refractivity contribution in [3.8, 4) is 5.75 Å². The van der Waals surface area contributed by atoms with Gasteiger partial charge < -0.3 is 20.1 Å². The highest BCUT2D eigenvalue weighted by Gasteiger charge is 2.23. The summed E-state index contributed by atoms with van der Waals surface area (Å²) in [7, 11) is 1.37. The van der Waals surface area contributed by atoms with Gasteiger partial charge in [0.2, 0.25) is 0 Å². The van der Waals surface area contributed by atoms with Gasteiger partial charge in [0, 0.05) is 35.5 Å². The fraction of sp³-hybridized carbons (Fsp3) is 0.278. The number of nitrogens with one attached hydrogen (secondary N) is 2. The fourth-order valence-corrected chi connectivity index (χ4v) is 5.27. The summed E-state index contributed by atoms with van der Waals surface area (Å²) in [5, 5.41) is 6.79. The van der Waals surface area contributed by atoms with Crippen molar-refractivity contribution in [1.29, 1.82) is 0 Å². The molecule has 0 saturated heterocycles. The van der Waals surface area contributed by atoms with E-state index >= 15 is 0 Å². The number of carbonyl (C=O) groups is 2. The van der Waals surface area contributed by atoms with Gasteiger partial charge in [-0.05, 0) is 53.8 Å². The summed E-state index contributed by atoms with van der Waals surface area (Å²) < 4.78 is 11.1. The van der Waals surface area contributed by atoms with Crippen LogP contribution in [0.2, 0.25) is 0 Å². The van der Waals surface area contributed by atoms with Crippen LogP contribution in [0.5, 0.6) is 5.75 Å². The maximum Gasteiger partial charge on any atom is 0.328 e. The molecular formula is C36H38N2O4. The van der Waals surface area contributed by atoms with E-state index in [1.807, 2.05) is 60.7 Å². The zero-order chi connectivity index (χ0) is 29.1. The van der Waals surface area contributed by atoms with Crippen LogP contribution in [0.4, 0.5) is 11.4 Å². The van der Waals surface area contributed by atoms with Crippen LogP contribution in [-0.4, -0.2) is 38.1 Å². The van der Waals surface area contributed by atoms with Gasteiger partial charge in [-0.2, -0.15) is 0 Å². The highest BCUT2D eigenvalue weighted by molar-refractivity contribution is 6.12. The molecule has 1 aliphatic carbocycles. The van der Waals surface area contributed by atoms with Crippen molar-refractivity contribution in [3.63, 3.8) is 0 Å². The van der Waals surface area contributed by atoms with Gasteiger partial charge in [0.15, 0.2) is 5.78 Å². The summed E-state index contributed by atoms with van der Waals surface area (Å²) in [5.41, 5.74) is 5.19. The van der Waals surface area contributed by atoms with E-state index in [2.05, 4.69) is 34.9 Å². The number of carbonyl (C=O) groups excluding carboxylic acids is 2. The summed E-state index contributed by atoms with van der Waals surface area (Å²) in [6.07, 6.45) is 5.56. The number of hydrogen-bond donors (Lipinski definition) is 2. The Balaban J connectivity index is 1.17. The van der Waals surface area contributed by atoms with Crippen LogP contribution in [0.25, 0.3) is 0 Å². The standard InChI is InChI=1S/C36H38N2O4/c1-41-36(40)34(38-33-17-8-6-15-31(33)35(39)28-12-3-2-4-13-28)25-27-18-20-30(21-19-27)42-23-22-37-32-16-7-5-14-29(32)24-26-10-9-11-26/h2-8,12-21,26,34,37-38H,9-11,22-25H2,1H3. The van der Waals surface area contributed by atoms with Gasteiger partial charge in [0.1, 0.15) is 18.4 Å². The van der Waals surface area contributed by atoms with Crippen LogP contribution in [0, 0.1) is 5.92 Å². The average molecular weight is 563 g/mol. The molecule has 1 aliphatic rings. The maximum atomic E-state index is 13.2. The topological polar surface area (TPSA) is 76.7 Å². The molecule has 0 amide bonds.